The third-order valence-electron chi connectivity index (χ3n) is 2.22. The van der Waals surface area contributed by atoms with E-state index < -0.39 is 0 Å². The van der Waals surface area contributed by atoms with Gasteiger partial charge in [-0.3, -0.25) is 0 Å². The van der Waals surface area contributed by atoms with E-state index in [0.717, 1.165) is 0 Å². The molecule has 1 atom stereocenters. The summed E-state index contributed by atoms with van der Waals surface area (Å²) in [4.78, 5) is 0. The predicted molar refractivity (Wildman–Crippen MR) is 48.7 cm³/mol. The smallest absolute Gasteiger partial charge is 0.196 e. The molecule has 0 aromatic rings. The van der Waals surface area contributed by atoms with Crippen molar-refractivity contribution >= 4 is 0 Å². The van der Waals surface area contributed by atoms with Crippen molar-refractivity contribution in [2.45, 2.75) is 51.4 Å². The van der Waals surface area contributed by atoms with E-state index in [1.807, 2.05) is 6.92 Å². The van der Waals surface area contributed by atoms with Crippen LogP contribution in [-0.4, -0.2) is 12.4 Å². The molecular weight excluding hydrogens is 152 g/mol. The van der Waals surface area contributed by atoms with E-state index in [4.69, 9.17) is 9.47 Å². The first kappa shape index (κ1) is 9.59. The maximum Gasteiger partial charge on any atom is 0.196 e. The van der Waals surface area contributed by atoms with Crippen LogP contribution in [0.2, 0.25) is 0 Å². The summed E-state index contributed by atoms with van der Waals surface area (Å²) in [5, 5.41) is 0. The molecule has 0 radical (unpaired) electrons. The molecule has 0 N–H and O–H groups in total. The molecule has 1 rings (SSSR count). The van der Waals surface area contributed by atoms with Crippen molar-refractivity contribution in [3.05, 3.63) is 12.8 Å². The van der Waals surface area contributed by atoms with E-state index in [1.54, 1.807) is 0 Å². The van der Waals surface area contributed by atoms with Gasteiger partial charge in [0, 0.05) is 0 Å². The van der Waals surface area contributed by atoms with Crippen molar-refractivity contribution in [2.75, 3.05) is 0 Å². The third-order valence-corrected chi connectivity index (χ3v) is 2.22. The first-order valence-corrected chi connectivity index (χ1v) is 4.74. The fourth-order valence-electron chi connectivity index (χ4n) is 1.64. The van der Waals surface area contributed by atoms with Gasteiger partial charge in [-0.1, -0.05) is 25.8 Å². The standard InChI is InChI=1S/C10H18O2/c1-3-11-9(2)12-10-7-5-4-6-8-10/h3,9-10H,1,4-8H2,2H3. The number of rotatable bonds is 4. The predicted octanol–water partition coefficient (Wildman–Crippen LogP) is 2.84. The Kier molecular flexibility index (Phi) is 4.15. The van der Waals surface area contributed by atoms with Crippen molar-refractivity contribution < 1.29 is 9.47 Å². The van der Waals surface area contributed by atoms with Gasteiger partial charge in [0.05, 0.1) is 12.4 Å². The molecule has 0 aromatic carbocycles. The van der Waals surface area contributed by atoms with Crippen molar-refractivity contribution in [3.8, 4) is 0 Å². The van der Waals surface area contributed by atoms with E-state index in [2.05, 4.69) is 6.58 Å². The lowest BCUT2D eigenvalue weighted by molar-refractivity contribution is -0.137. The lowest BCUT2D eigenvalue weighted by atomic mass is 9.98. The van der Waals surface area contributed by atoms with Gasteiger partial charge in [-0.25, -0.2) is 0 Å². The van der Waals surface area contributed by atoms with Gasteiger partial charge in [0.15, 0.2) is 6.29 Å². The highest BCUT2D eigenvalue weighted by Crippen LogP contribution is 2.21. The van der Waals surface area contributed by atoms with Gasteiger partial charge < -0.3 is 9.47 Å². The summed E-state index contributed by atoms with van der Waals surface area (Å²) < 4.78 is 10.7. The second-order valence-electron chi connectivity index (χ2n) is 3.27. The topological polar surface area (TPSA) is 18.5 Å². The monoisotopic (exact) mass is 170 g/mol. The zero-order valence-corrected chi connectivity index (χ0v) is 7.79. The molecule has 2 nitrogen and oxygen atoms in total. The lowest BCUT2D eigenvalue weighted by Gasteiger charge is -2.24. The molecule has 0 spiro atoms. The summed E-state index contributed by atoms with van der Waals surface area (Å²) in [5.74, 6) is 0. The summed E-state index contributed by atoms with van der Waals surface area (Å²) in [7, 11) is 0. The van der Waals surface area contributed by atoms with E-state index in [9.17, 15) is 0 Å². The van der Waals surface area contributed by atoms with Crippen LogP contribution < -0.4 is 0 Å². The summed E-state index contributed by atoms with van der Waals surface area (Å²) in [6.45, 7) is 5.40. The van der Waals surface area contributed by atoms with E-state index in [-0.39, 0.29) is 6.29 Å². The Morgan fingerprint density at radius 1 is 1.33 bits per heavy atom. The van der Waals surface area contributed by atoms with Crippen LogP contribution in [0, 0.1) is 0 Å². The van der Waals surface area contributed by atoms with Gasteiger partial charge >= 0.3 is 0 Å². The Hall–Kier alpha value is -0.500. The van der Waals surface area contributed by atoms with Crippen molar-refractivity contribution in [2.24, 2.45) is 0 Å². The molecule has 0 bridgehead atoms. The van der Waals surface area contributed by atoms with Gasteiger partial charge in [-0.05, 0) is 19.8 Å². The fraction of sp³-hybridized carbons (Fsp3) is 0.800. The maximum atomic E-state index is 5.64. The Balaban J connectivity index is 2.15. The molecular formula is C10H18O2. The minimum Gasteiger partial charge on any atom is -0.473 e. The van der Waals surface area contributed by atoms with Crippen LogP contribution in [-0.2, 0) is 9.47 Å². The molecule has 1 saturated carbocycles. The normalized spacial score (nSPS) is 21.8. The Morgan fingerprint density at radius 3 is 2.58 bits per heavy atom. The summed E-state index contributed by atoms with van der Waals surface area (Å²) in [6.07, 6.45) is 8.04. The van der Waals surface area contributed by atoms with Crippen LogP contribution in [0.15, 0.2) is 12.8 Å². The molecule has 0 heterocycles. The minimum absolute atomic E-state index is 0.134. The highest BCUT2D eigenvalue weighted by molar-refractivity contribution is 4.65. The second-order valence-corrected chi connectivity index (χ2v) is 3.27. The average Bonchev–Trinajstić information content (AvgIpc) is 2.06. The lowest BCUT2D eigenvalue weighted by Crippen LogP contribution is -2.23. The zero-order valence-electron chi connectivity index (χ0n) is 7.79. The second kappa shape index (κ2) is 5.20. The number of hydrogen-bond donors (Lipinski definition) is 0. The van der Waals surface area contributed by atoms with Gasteiger partial charge in [0.1, 0.15) is 0 Å². The molecule has 1 aliphatic rings. The van der Waals surface area contributed by atoms with Crippen molar-refractivity contribution in [1.82, 2.24) is 0 Å². The van der Waals surface area contributed by atoms with Gasteiger partial charge in [0.2, 0.25) is 0 Å². The quantitative estimate of drug-likeness (QED) is 0.477. The summed E-state index contributed by atoms with van der Waals surface area (Å²) in [6, 6.07) is 0. The molecule has 1 unspecified atom stereocenters. The Bertz CT molecular complexity index is 128. The van der Waals surface area contributed by atoms with Crippen molar-refractivity contribution in [1.29, 1.82) is 0 Å². The van der Waals surface area contributed by atoms with Crippen LogP contribution >= 0.6 is 0 Å². The number of ether oxygens (including phenoxy) is 2. The molecule has 1 fully saturated rings. The third kappa shape index (κ3) is 3.26. The average molecular weight is 170 g/mol. The van der Waals surface area contributed by atoms with Crippen LogP contribution in [0.3, 0.4) is 0 Å². The highest BCUT2D eigenvalue weighted by atomic mass is 16.7. The first-order valence-electron chi connectivity index (χ1n) is 4.74. The molecule has 1 aliphatic carbocycles. The molecule has 2 heteroatoms. The van der Waals surface area contributed by atoms with Crippen LogP contribution in [0.4, 0.5) is 0 Å². The first-order chi connectivity index (χ1) is 5.83. The van der Waals surface area contributed by atoms with Gasteiger partial charge in [0.25, 0.3) is 0 Å². The van der Waals surface area contributed by atoms with Crippen LogP contribution in [0.5, 0.6) is 0 Å². The summed E-state index contributed by atoms with van der Waals surface area (Å²) in [5.41, 5.74) is 0. The molecule has 0 amide bonds. The van der Waals surface area contributed by atoms with E-state index in [1.165, 1.54) is 38.4 Å². The molecule has 0 saturated heterocycles. The SMILES string of the molecule is C=COC(C)OC1CCCCC1. The van der Waals surface area contributed by atoms with Gasteiger partial charge in [-0.15, -0.1) is 0 Å². The Morgan fingerprint density at radius 2 is 2.00 bits per heavy atom. The summed E-state index contributed by atoms with van der Waals surface area (Å²) >= 11 is 0. The highest BCUT2D eigenvalue weighted by Gasteiger charge is 2.16. The van der Waals surface area contributed by atoms with Crippen LogP contribution in [0.25, 0.3) is 0 Å². The molecule has 12 heavy (non-hydrogen) atoms. The largest absolute Gasteiger partial charge is 0.473 e. The van der Waals surface area contributed by atoms with Gasteiger partial charge in [-0.2, -0.15) is 0 Å². The minimum atomic E-state index is -0.134. The van der Waals surface area contributed by atoms with E-state index in [0.29, 0.717) is 6.10 Å². The molecule has 0 aliphatic heterocycles. The number of hydrogen-bond acceptors (Lipinski definition) is 2. The van der Waals surface area contributed by atoms with Crippen molar-refractivity contribution in [3.63, 3.8) is 0 Å². The Labute approximate surface area is 74.6 Å². The molecule has 0 aromatic heterocycles. The zero-order chi connectivity index (χ0) is 8.81. The van der Waals surface area contributed by atoms with E-state index >= 15 is 0 Å². The molecule has 70 valence electrons. The van der Waals surface area contributed by atoms with Crippen LogP contribution in [0.1, 0.15) is 39.0 Å². The maximum absolute atomic E-state index is 5.64. The fourth-order valence-corrected chi connectivity index (χ4v) is 1.64.